The topological polar surface area (TPSA) is 75.4 Å². The second-order valence-electron chi connectivity index (χ2n) is 8.73. The molecule has 186 valence electrons. The number of ether oxygens (including phenoxy) is 2. The lowest BCUT2D eigenvalue weighted by Crippen LogP contribution is -2.46. The number of hydrogen-bond acceptors (Lipinski definition) is 7. The molecule has 8 heteroatoms. The highest BCUT2D eigenvalue weighted by Gasteiger charge is 2.22. The van der Waals surface area contributed by atoms with Gasteiger partial charge in [-0.1, -0.05) is 23.7 Å². The van der Waals surface area contributed by atoms with Gasteiger partial charge in [0.2, 0.25) is 5.43 Å². The number of rotatable bonds is 6. The molecule has 1 aliphatic heterocycles. The molecule has 5 rings (SSSR count). The fourth-order valence-corrected chi connectivity index (χ4v) is 4.85. The van der Waals surface area contributed by atoms with Crippen LogP contribution in [0, 0.1) is 0 Å². The number of phenols is 1. The lowest BCUT2D eigenvalue weighted by Gasteiger charge is -2.36. The Balaban J connectivity index is 1.41. The Kier molecular flexibility index (Phi) is 6.76. The van der Waals surface area contributed by atoms with Crippen LogP contribution in [0.4, 0.5) is 5.69 Å². The molecule has 1 saturated heterocycles. The van der Waals surface area contributed by atoms with E-state index >= 15 is 0 Å². The van der Waals surface area contributed by atoms with Gasteiger partial charge in [-0.05, 0) is 48.0 Å². The summed E-state index contributed by atoms with van der Waals surface area (Å²) in [5.74, 6) is 1.22. The first-order valence-corrected chi connectivity index (χ1v) is 12.1. The van der Waals surface area contributed by atoms with Crippen molar-refractivity contribution in [2.24, 2.45) is 0 Å². The van der Waals surface area contributed by atoms with Gasteiger partial charge in [0.15, 0.2) is 11.5 Å². The number of hydrogen-bond donors (Lipinski definition) is 1. The number of halogens is 1. The molecule has 2 heterocycles. The maximum Gasteiger partial charge on any atom is 0.200 e. The van der Waals surface area contributed by atoms with Crippen molar-refractivity contribution in [3.63, 3.8) is 0 Å². The number of methoxy groups -OCH3 is 2. The summed E-state index contributed by atoms with van der Waals surface area (Å²) in [7, 11) is 3.11. The summed E-state index contributed by atoms with van der Waals surface area (Å²) in [5.41, 5.74) is 3.02. The molecule has 4 aromatic rings. The zero-order chi connectivity index (χ0) is 25.2. The standard InChI is InChI=1S/C28H27ClN2O5/c1-34-25-9-6-18(14-26(25)35-2)23-17-36-28-21(27(23)33)7-8-24(32)22(28)16-30-10-12-31(13-11-30)20-5-3-4-19(29)15-20/h3-9,14-15,17,32H,10-13,16H2,1-2H3. The zero-order valence-corrected chi connectivity index (χ0v) is 20.9. The second-order valence-corrected chi connectivity index (χ2v) is 9.17. The molecule has 0 saturated carbocycles. The van der Waals surface area contributed by atoms with Crippen molar-refractivity contribution in [3.8, 4) is 28.4 Å². The van der Waals surface area contributed by atoms with E-state index in [1.54, 1.807) is 44.6 Å². The van der Waals surface area contributed by atoms with E-state index < -0.39 is 0 Å². The monoisotopic (exact) mass is 506 g/mol. The minimum atomic E-state index is -0.171. The van der Waals surface area contributed by atoms with Crippen molar-refractivity contribution in [3.05, 3.63) is 81.7 Å². The normalized spacial score (nSPS) is 14.2. The van der Waals surface area contributed by atoms with E-state index in [0.29, 0.717) is 45.7 Å². The maximum atomic E-state index is 13.4. The first kappa shape index (κ1) is 24.0. The summed E-state index contributed by atoms with van der Waals surface area (Å²) in [6.07, 6.45) is 1.45. The van der Waals surface area contributed by atoms with Gasteiger partial charge in [0.25, 0.3) is 0 Å². The van der Waals surface area contributed by atoms with Crippen LogP contribution in [0.15, 0.2) is 70.1 Å². The highest BCUT2D eigenvalue weighted by atomic mass is 35.5. The average Bonchev–Trinajstić information content (AvgIpc) is 2.90. The van der Waals surface area contributed by atoms with Crippen LogP contribution in [-0.2, 0) is 6.54 Å². The van der Waals surface area contributed by atoms with Gasteiger partial charge in [0, 0.05) is 43.4 Å². The first-order valence-electron chi connectivity index (χ1n) is 11.7. The molecule has 1 aliphatic rings. The van der Waals surface area contributed by atoms with Gasteiger partial charge in [0.05, 0.1) is 30.7 Å². The minimum absolute atomic E-state index is 0.113. The van der Waals surface area contributed by atoms with Crippen molar-refractivity contribution in [1.29, 1.82) is 0 Å². The summed E-state index contributed by atoms with van der Waals surface area (Å²) in [4.78, 5) is 18.0. The molecule has 0 amide bonds. The number of piperazine rings is 1. The summed E-state index contributed by atoms with van der Waals surface area (Å²) < 4.78 is 16.7. The van der Waals surface area contributed by atoms with Crippen LogP contribution in [0.3, 0.4) is 0 Å². The molecule has 1 N–H and O–H groups in total. The zero-order valence-electron chi connectivity index (χ0n) is 20.2. The van der Waals surface area contributed by atoms with Crippen LogP contribution >= 0.6 is 11.6 Å². The fraction of sp³-hybridized carbons (Fsp3) is 0.250. The van der Waals surface area contributed by atoms with Crippen LogP contribution < -0.4 is 19.8 Å². The van der Waals surface area contributed by atoms with E-state index in [2.05, 4.69) is 15.9 Å². The molecule has 1 aromatic heterocycles. The SMILES string of the molecule is COc1ccc(-c2coc3c(CN4CCN(c5cccc(Cl)c5)CC4)c(O)ccc3c2=O)cc1OC. The number of phenolic OH excluding ortho intramolecular Hbond substituents is 1. The van der Waals surface area contributed by atoms with Gasteiger partial charge in [-0.15, -0.1) is 0 Å². The lowest BCUT2D eigenvalue weighted by molar-refractivity contribution is 0.246. The molecule has 0 spiro atoms. The third-order valence-corrected chi connectivity index (χ3v) is 6.88. The Bertz CT molecular complexity index is 1460. The number of anilines is 1. The average molecular weight is 507 g/mol. The van der Waals surface area contributed by atoms with Gasteiger partial charge < -0.3 is 23.9 Å². The van der Waals surface area contributed by atoms with Crippen LogP contribution in [0.5, 0.6) is 17.2 Å². The third-order valence-electron chi connectivity index (χ3n) is 6.64. The second kappa shape index (κ2) is 10.1. The molecule has 0 aliphatic carbocycles. The van der Waals surface area contributed by atoms with E-state index in [0.717, 1.165) is 36.9 Å². The van der Waals surface area contributed by atoms with Crippen molar-refractivity contribution in [1.82, 2.24) is 4.90 Å². The molecule has 1 fully saturated rings. The van der Waals surface area contributed by atoms with E-state index in [4.69, 9.17) is 25.5 Å². The van der Waals surface area contributed by atoms with E-state index in [-0.39, 0.29) is 11.2 Å². The Morgan fingerprint density at radius 3 is 2.47 bits per heavy atom. The van der Waals surface area contributed by atoms with Crippen LogP contribution in [0.25, 0.3) is 22.1 Å². The predicted octanol–water partition coefficient (Wildman–Crippen LogP) is 5.16. The fourth-order valence-electron chi connectivity index (χ4n) is 4.66. The quantitative estimate of drug-likeness (QED) is 0.387. The predicted molar refractivity (Wildman–Crippen MR) is 142 cm³/mol. The number of benzene rings is 3. The Morgan fingerprint density at radius 2 is 1.75 bits per heavy atom. The Labute approximate surface area is 214 Å². The van der Waals surface area contributed by atoms with E-state index in [9.17, 15) is 9.90 Å². The van der Waals surface area contributed by atoms with Crippen molar-refractivity contribution >= 4 is 28.3 Å². The molecule has 0 atom stereocenters. The molecule has 36 heavy (non-hydrogen) atoms. The Hall–Kier alpha value is -3.68. The van der Waals surface area contributed by atoms with Crippen molar-refractivity contribution in [2.45, 2.75) is 6.54 Å². The van der Waals surface area contributed by atoms with Crippen LogP contribution in [-0.4, -0.2) is 50.4 Å². The summed E-state index contributed by atoms with van der Waals surface area (Å²) in [6, 6.07) is 16.3. The number of aromatic hydroxyl groups is 1. The van der Waals surface area contributed by atoms with Gasteiger partial charge >= 0.3 is 0 Å². The maximum absolute atomic E-state index is 13.4. The molecule has 7 nitrogen and oxygen atoms in total. The number of fused-ring (bicyclic) bond motifs is 1. The molecule has 3 aromatic carbocycles. The van der Waals surface area contributed by atoms with Gasteiger partial charge in [-0.25, -0.2) is 0 Å². The largest absolute Gasteiger partial charge is 0.507 e. The summed E-state index contributed by atoms with van der Waals surface area (Å²) >= 11 is 6.15. The number of nitrogens with zero attached hydrogens (tertiary/aromatic N) is 2. The van der Waals surface area contributed by atoms with Crippen LogP contribution in [0.1, 0.15) is 5.56 Å². The summed E-state index contributed by atoms with van der Waals surface area (Å²) in [6.45, 7) is 3.75. The third kappa shape index (κ3) is 4.59. The highest BCUT2D eigenvalue weighted by molar-refractivity contribution is 6.30. The minimum Gasteiger partial charge on any atom is -0.507 e. The molecular formula is C28H27ClN2O5. The Morgan fingerprint density at radius 1 is 0.972 bits per heavy atom. The van der Waals surface area contributed by atoms with Gasteiger partial charge in [0.1, 0.15) is 17.6 Å². The molecule has 0 radical (unpaired) electrons. The molecular weight excluding hydrogens is 480 g/mol. The van der Waals surface area contributed by atoms with Crippen molar-refractivity contribution in [2.75, 3.05) is 45.3 Å². The lowest BCUT2D eigenvalue weighted by atomic mass is 10.0. The van der Waals surface area contributed by atoms with Crippen molar-refractivity contribution < 1.29 is 19.0 Å². The molecule has 0 unspecified atom stereocenters. The smallest absolute Gasteiger partial charge is 0.200 e. The first-order chi connectivity index (χ1) is 17.5. The van der Waals surface area contributed by atoms with E-state index in [1.165, 1.54) is 6.26 Å². The van der Waals surface area contributed by atoms with Gasteiger partial charge in [-0.3, -0.25) is 9.69 Å². The highest BCUT2D eigenvalue weighted by Crippen LogP contribution is 2.33. The van der Waals surface area contributed by atoms with E-state index in [1.807, 2.05) is 18.2 Å². The van der Waals surface area contributed by atoms with Gasteiger partial charge in [-0.2, -0.15) is 0 Å². The molecule has 0 bridgehead atoms. The van der Waals surface area contributed by atoms with Crippen LogP contribution in [0.2, 0.25) is 5.02 Å². The summed E-state index contributed by atoms with van der Waals surface area (Å²) in [5, 5.41) is 11.8.